The number of aliphatic hydroxyl groups excluding tert-OH is 2. The molecule has 0 spiro atoms. The summed E-state index contributed by atoms with van der Waals surface area (Å²) >= 11 is 0. The highest BCUT2D eigenvalue weighted by Crippen LogP contribution is 2.11. The summed E-state index contributed by atoms with van der Waals surface area (Å²) in [6.45, 7) is 4.24. The SMILES string of the molecule is CCOC(=O)CCCCCN1C[C@@H](O)[C@@H](O)C1. The van der Waals surface area contributed by atoms with Gasteiger partial charge < -0.3 is 14.9 Å². The van der Waals surface area contributed by atoms with Crippen molar-refractivity contribution in [2.45, 2.75) is 44.8 Å². The van der Waals surface area contributed by atoms with E-state index < -0.39 is 12.2 Å². The molecule has 1 aliphatic heterocycles. The van der Waals surface area contributed by atoms with Crippen molar-refractivity contribution in [2.24, 2.45) is 0 Å². The van der Waals surface area contributed by atoms with Gasteiger partial charge in [0.1, 0.15) is 0 Å². The van der Waals surface area contributed by atoms with E-state index in [1.165, 1.54) is 0 Å². The molecule has 1 fully saturated rings. The zero-order chi connectivity index (χ0) is 12.7. The van der Waals surface area contributed by atoms with Crippen LogP contribution in [0.3, 0.4) is 0 Å². The average molecular weight is 245 g/mol. The molecule has 1 aliphatic rings. The monoisotopic (exact) mass is 245 g/mol. The predicted octanol–water partition coefficient (Wildman–Crippen LogP) is 0.147. The first-order valence-corrected chi connectivity index (χ1v) is 6.37. The normalized spacial score (nSPS) is 25.1. The Morgan fingerprint density at radius 1 is 1.24 bits per heavy atom. The van der Waals surface area contributed by atoms with Crippen LogP contribution >= 0.6 is 0 Å². The molecule has 1 saturated heterocycles. The van der Waals surface area contributed by atoms with Crippen LogP contribution in [0.2, 0.25) is 0 Å². The minimum atomic E-state index is -0.602. The van der Waals surface area contributed by atoms with Gasteiger partial charge in [0.2, 0.25) is 0 Å². The van der Waals surface area contributed by atoms with Gasteiger partial charge in [-0.15, -0.1) is 0 Å². The van der Waals surface area contributed by atoms with Crippen LogP contribution in [0.25, 0.3) is 0 Å². The van der Waals surface area contributed by atoms with Crippen LogP contribution in [-0.4, -0.2) is 59.5 Å². The maximum atomic E-state index is 11.0. The summed E-state index contributed by atoms with van der Waals surface area (Å²) < 4.78 is 4.83. The Morgan fingerprint density at radius 2 is 1.88 bits per heavy atom. The average Bonchev–Trinajstić information content (AvgIpc) is 2.58. The van der Waals surface area contributed by atoms with Crippen molar-refractivity contribution >= 4 is 5.97 Å². The summed E-state index contributed by atoms with van der Waals surface area (Å²) in [7, 11) is 0. The number of unbranched alkanes of at least 4 members (excludes halogenated alkanes) is 2. The molecule has 0 bridgehead atoms. The Hall–Kier alpha value is -0.650. The van der Waals surface area contributed by atoms with E-state index in [1.54, 1.807) is 0 Å². The molecular formula is C12H23NO4. The van der Waals surface area contributed by atoms with Crippen molar-refractivity contribution in [1.29, 1.82) is 0 Å². The summed E-state index contributed by atoms with van der Waals surface area (Å²) in [5, 5.41) is 18.7. The summed E-state index contributed by atoms with van der Waals surface area (Å²) in [4.78, 5) is 13.1. The van der Waals surface area contributed by atoms with Gasteiger partial charge in [-0.05, 0) is 26.3 Å². The van der Waals surface area contributed by atoms with Crippen LogP contribution in [0, 0.1) is 0 Å². The van der Waals surface area contributed by atoms with Crippen LogP contribution in [-0.2, 0) is 9.53 Å². The first-order chi connectivity index (χ1) is 8.13. The number of carbonyl (C=O) groups excluding carboxylic acids is 1. The number of nitrogens with zero attached hydrogens (tertiary/aromatic N) is 1. The summed E-state index contributed by atoms with van der Waals surface area (Å²) in [6, 6.07) is 0. The van der Waals surface area contributed by atoms with Crippen LogP contribution in [0.4, 0.5) is 0 Å². The fraction of sp³-hybridized carbons (Fsp3) is 0.917. The molecular weight excluding hydrogens is 222 g/mol. The number of ether oxygens (including phenoxy) is 1. The third-order valence-corrected chi connectivity index (χ3v) is 3.00. The quantitative estimate of drug-likeness (QED) is 0.493. The van der Waals surface area contributed by atoms with Crippen LogP contribution in [0.15, 0.2) is 0 Å². The van der Waals surface area contributed by atoms with E-state index in [0.29, 0.717) is 26.1 Å². The molecule has 2 atom stereocenters. The van der Waals surface area contributed by atoms with Crippen molar-refractivity contribution in [2.75, 3.05) is 26.2 Å². The van der Waals surface area contributed by atoms with E-state index in [2.05, 4.69) is 4.90 Å². The Morgan fingerprint density at radius 3 is 2.47 bits per heavy atom. The van der Waals surface area contributed by atoms with Gasteiger partial charge in [0.05, 0.1) is 18.8 Å². The molecule has 0 aromatic carbocycles. The molecule has 1 rings (SSSR count). The van der Waals surface area contributed by atoms with Gasteiger partial charge in [-0.25, -0.2) is 0 Å². The van der Waals surface area contributed by atoms with Crippen LogP contribution < -0.4 is 0 Å². The molecule has 0 aromatic rings. The fourth-order valence-corrected chi connectivity index (χ4v) is 2.04. The number of β-amino-alcohol motifs (C(OH)–C–C–N with tert-alkyl or cyclic N) is 2. The molecule has 5 heteroatoms. The number of likely N-dealkylation sites (tertiary alicyclic amines) is 1. The number of esters is 1. The lowest BCUT2D eigenvalue weighted by molar-refractivity contribution is -0.143. The molecule has 0 amide bonds. The lowest BCUT2D eigenvalue weighted by Crippen LogP contribution is -2.23. The third-order valence-electron chi connectivity index (χ3n) is 3.00. The van der Waals surface area contributed by atoms with Gasteiger partial charge in [0, 0.05) is 19.5 Å². The standard InChI is InChI=1S/C12H23NO4/c1-2-17-12(16)6-4-3-5-7-13-8-10(14)11(15)9-13/h10-11,14-15H,2-9H2,1H3/t10-,11+. The van der Waals surface area contributed by atoms with Crippen molar-refractivity contribution in [3.05, 3.63) is 0 Å². The van der Waals surface area contributed by atoms with E-state index in [0.717, 1.165) is 25.8 Å². The number of hydrogen-bond acceptors (Lipinski definition) is 5. The van der Waals surface area contributed by atoms with E-state index in [1.807, 2.05) is 6.92 Å². The summed E-state index contributed by atoms with van der Waals surface area (Å²) in [5.74, 6) is -0.125. The van der Waals surface area contributed by atoms with E-state index in [9.17, 15) is 15.0 Å². The second-order valence-electron chi connectivity index (χ2n) is 4.51. The highest BCUT2D eigenvalue weighted by atomic mass is 16.5. The molecule has 0 saturated carbocycles. The zero-order valence-corrected chi connectivity index (χ0v) is 10.5. The molecule has 0 radical (unpaired) electrons. The van der Waals surface area contributed by atoms with Gasteiger partial charge in [-0.2, -0.15) is 0 Å². The van der Waals surface area contributed by atoms with Crippen molar-refractivity contribution in [1.82, 2.24) is 4.90 Å². The molecule has 0 aliphatic carbocycles. The van der Waals surface area contributed by atoms with Gasteiger partial charge in [-0.3, -0.25) is 9.69 Å². The Balaban J connectivity index is 1.96. The second kappa shape index (κ2) is 7.63. The lowest BCUT2D eigenvalue weighted by atomic mass is 10.2. The number of aliphatic hydroxyl groups is 2. The lowest BCUT2D eigenvalue weighted by Gasteiger charge is -2.13. The second-order valence-corrected chi connectivity index (χ2v) is 4.51. The smallest absolute Gasteiger partial charge is 0.305 e. The highest BCUT2D eigenvalue weighted by Gasteiger charge is 2.28. The number of rotatable bonds is 7. The van der Waals surface area contributed by atoms with Gasteiger partial charge in [-0.1, -0.05) is 6.42 Å². The van der Waals surface area contributed by atoms with Crippen molar-refractivity contribution in [3.63, 3.8) is 0 Å². The largest absolute Gasteiger partial charge is 0.466 e. The van der Waals surface area contributed by atoms with E-state index >= 15 is 0 Å². The number of hydrogen-bond donors (Lipinski definition) is 2. The van der Waals surface area contributed by atoms with Crippen LogP contribution in [0.1, 0.15) is 32.6 Å². The molecule has 0 aromatic heterocycles. The predicted molar refractivity (Wildman–Crippen MR) is 63.6 cm³/mol. The molecule has 100 valence electrons. The third kappa shape index (κ3) is 5.48. The fourth-order valence-electron chi connectivity index (χ4n) is 2.04. The summed E-state index contributed by atoms with van der Waals surface area (Å²) in [5.41, 5.74) is 0. The van der Waals surface area contributed by atoms with Crippen molar-refractivity contribution < 1.29 is 19.7 Å². The van der Waals surface area contributed by atoms with Crippen LogP contribution in [0.5, 0.6) is 0 Å². The Kier molecular flexibility index (Phi) is 6.47. The molecule has 17 heavy (non-hydrogen) atoms. The first kappa shape index (κ1) is 14.4. The maximum Gasteiger partial charge on any atom is 0.305 e. The van der Waals surface area contributed by atoms with Gasteiger partial charge >= 0.3 is 5.97 Å². The molecule has 2 N–H and O–H groups in total. The number of carbonyl (C=O) groups is 1. The van der Waals surface area contributed by atoms with Gasteiger partial charge in [0.25, 0.3) is 0 Å². The molecule has 0 unspecified atom stereocenters. The van der Waals surface area contributed by atoms with E-state index in [4.69, 9.17) is 4.74 Å². The molecule has 1 heterocycles. The van der Waals surface area contributed by atoms with E-state index in [-0.39, 0.29) is 5.97 Å². The Labute approximate surface area is 102 Å². The summed E-state index contributed by atoms with van der Waals surface area (Å²) in [6.07, 6.45) is 2.08. The Bertz CT molecular complexity index is 225. The molecule has 5 nitrogen and oxygen atoms in total. The maximum absolute atomic E-state index is 11.0. The minimum Gasteiger partial charge on any atom is -0.466 e. The van der Waals surface area contributed by atoms with Crippen molar-refractivity contribution in [3.8, 4) is 0 Å². The minimum absolute atomic E-state index is 0.125. The zero-order valence-electron chi connectivity index (χ0n) is 10.5. The topological polar surface area (TPSA) is 70.0 Å². The highest BCUT2D eigenvalue weighted by molar-refractivity contribution is 5.69. The first-order valence-electron chi connectivity index (χ1n) is 6.37. The van der Waals surface area contributed by atoms with Gasteiger partial charge in [0.15, 0.2) is 0 Å².